The van der Waals surface area contributed by atoms with Crippen molar-refractivity contribution in [3.63, 3.8) is 0 Å². The number of nitrogens with one attached hydrogen (secondary N) is 1. The Kier molecular flexibility index (Phi) is 4.55. The van der Waals surface area contributed by atoms with Gasteiger partial charge in [0, 0.05) is 23.7 Å². The predicted octanol–water partition coefficient (Wildman–Crippen LogP) is 3.05. The van der Waals surface area contributed by atoms with Crippen LogP contribution in [0.25, 0.3) is 10.8 Å². The Morgan fingerprint density at radius 1 is 1.41 bits per heavy atom. The lowest BCUT2D eigenvalue weighted by Gasteiger charge is -2.18. The van der Waals surface area contributed by atoms with Gasteiger partial charge in [-0.05, 0) is 29.9 Å². The van der Waals surface area contributed by atoms with Crippen LogP contribution in [0, 0.1) is 16.0 Å². The third kappa shape index (κ3) is 3.49. The molecule has 0 saturated heterocycles. The Morgan fingerprint density at radius 3 is 2.73 bits per heavy atom. The number of hydrogen-bond donors (Lipinski definition) is 2. The van der Waals surface area contributed by atoms with Crippen molar-refractivity contribution in [3.8, 4) is 0 Å². The summed E-state index contributed by atoms with van der Waals surface area (Å²) in [6, 6.07) is 5.31. The van der Waals surface area contributed by atoms with Crippen LogP contribution in [0.5, 0.6) is 0 Å². The number of non-ortho nitro benzene ring substituents is 1. The Balaban J connectivity index is 2.38. The third-order valence-electron chi connectivity index (χ3n) is 3.27. The summed E-state index contributed by atoms with van der Waals surface area (Å²) < 4.78 is 0. The first-order chi connectivity index (χ1) is 10.4. The van der Waals surface area contributed by atoms with Gasteiger partial charge >= 0.3 is 5.97 Å². The molecule has 0 radical (unpaired) electrons. The highest BCUT2D eigenvalue weighted by Crippen LogP contribution is 2.26. The molecule has 1 atom stereocenters. The van der Waals surface area contributed by atoms with E-state index in [1.54, 1.807) is 12.1 Å². The maximum atomic E-state index is 11.3. The Hall–Kier alpha value is -2.70. The summed E-state index contributed by atoms with van der Waals surface area (Å²) in [5, 5.41) is 24.3. The fraction of sp³-hybridized carbons (Fsp3) is 0.333. The van der Waals surface area contributed by atoms with Gasteiger partial charge in [0.05, 0.1) is 4.92 Å². The number of nitro benzene ring substituents is 1. The predicted molar refractivity (Wildman–Crippen MR) is 82.9 cm³/mol. The number of carboxylic acid groups (broad SMARTS) is 1. The van der Waals surface area contributed by atoms with E-state index in [0.717, 1.165) is 0 Å². The fourth-order valence-electron chi connectivity index (χ4n) is 2.25. The minimum Gasteiger partial charge on any atom is -0.480 e. The van der Waals surface area contributed by atoms with Crippen molar-refractivity contribution in [1.82, 2.24) is 4.98 Å². The molecule has 0 aliphatic carbocycles. The number of fused-ring (bicyclic) bond motifs is 1. The van der Waals surface area contributed by atoms with Gasteiger partial charge in [0.2, 0.25) is 0 Å². The average Bonchev–Trinajstić information content (AvgIpc) is 2.45. The zero-order valence-electron chi connectivity index (χ0n) is 12.3. The minimum atomic E-state index is -0.950. The number of nitrogens with zero attached hydrogens (tertiary/aromatic N) is 2. The summed E-state index contributed by atoms with van der Waals surface area (Å²) in [5.41, 5.74) is -0.0124. The molecule has 0 saturated carbocycles. The molecule has 7 nitrogen and oxygen atoms in total. The molecule has 2 aromatic rings. The SMILES string of the molecule is CC(C)C[C@H](Nc1nccc2cc([N+](=O)[O-])ccc12)C(=O)O. The Morgan fingerprint density at radius 2 is 2.14 bits per heavy atom. The molecule has 0 aliphatic heterocycles. The van der Waals surface area contributed by atoms with Gasteiger partial charge in [-0.2, -0.15) is 0 Å². The zero-order chi connectivity index (χ0) is 16.3. The van der Waals surface area contributed by atoms with E-state index in [-0.39, 0.29) is 11.6 Å². The van der Waals surface area contributed by atoms with Gasteiger partial charge < -0.3 is 10.4 Å². The van der Waals surface area contributed by atoms with Crippen molar-refractivity contribution in [3.05, 3.63) is 40.6 Å². The molecule has 1 aromatic heterocycles. The quantitative estimate of drug-likeness (QED) is 0.627. The third-order valence-corrected chi connectivity index (χ3v) is 3.27. The van der Waals surface area contributed by atoms with Crippen LogP contribution in [-0.2, 0) is 4.79 Å². The highest BCUT2D eigenvalue weighted by molar-refractivity contribution is 5.94. The number of carboxylic acids is 1. The molecule has 0 aliphatic rings. The van der Waals surface area contributed by atoms with Crippen LogP contribution in [0.15, 0.2) is 30.5 Å². The summed E-state index contributed by atoms with van der Waals surface area (Å²) in [4.78, 5) is 25.9. The van der Waals surface area contributed by atoms with Crippen molar-refractivity contribution >= 4 is 28.2 Å². The van der Waals surface area contributed by atoms with Crippen molar-refractivity contribution in [2.75, 3.05) is 5.32 Å². The molecule has 1 heterocycles. The Bertz CT molecular complexity index is 715. The van der Waals surface area contributed by atoms with E-state index in [1.165, 1.54) is 18.3 Å². The van der Waals surface area contributed by atoms with Gasteiger partial charge in [-0.3, -0.25) is 10.1 Å². The van der Waals surface area contributed by atoms with E-state index in [0.29, 0.717) is 23.0 Å². The second-order valence-electron chi connectivity index (χ2n) is 5.49. The number of rotatable bonds is 6. The molecule has 2 N–H and O–H groups in total. The van der Waals surface area contributed by atoms with Crippen LogP contribution in [0.4, 0.5) is 11.5 Å². The number of aliphatic carboxylic acids is 1. The summed E-state index contributed by atoms with van der Waals surface area (Å²) in [5.74, 6) is -0.320. The maximum absolute atomic E-state index is 11.3. The number of anilines is 1. The standard InChI is InChI=1S/C15H17N3O4/c1-9(2)7-13(15(19)20)17-14-12-4-3-11(18(21)22)8-10(12)5-6-16-14/h3-6,8-9,13H,7H2,1-2H3,(H,16,17)(H,19,20)/t13-/m0/s1. The van der Waals surface area contributed by atoms with Crippen LogP contribution in [0.3, 0.4) is 0 Å². The maximum Gasteiger partial charge on any atom is 0.326 e. The number of pyridine rings is 1. The first-order valence-electron chi connectivity index (χ1n) is 6.91. The summed E-state index contributed by atoms with van der Waals surface area (Å²) >= 11 is 0. The molecule has 0 bridgehead atoms. The van der Waals surface area contributed by atoms with Crippen molar-refractivity contribution < 1.29 is 14.8 Å². The fourth-order valence-corrected chi connectivity index (χ4v) is 2.25. The van der Waals surface area contributed by atoms with Crippen LogP contribution < -0.4 is 5.32 Å². The molecule has 0 fully saturated rings. The monoisotopic (exact) mass is 303 g/mol. The van der Waals surface area contributed by atoms with Crippen LogP contribution in [-0.4, -0.2) is 27.0 Å². The molecule has 22 heavy (non-hydrogen) atoms. The molecule has 2 rings (SSSR count). The topological polar surface area (TPSA) is 105 Å². The number of carbonyl (C=O) groups is 1. The summed E-state index contributed by atoms with van der Waals surface area (Å²) in [6.45, 7) is 3.88. The normalized spacial score (nSPS) is 12.3. The number of nitro groups is 1. The molecule has 0 spiro atoms. The van der Waals surface area contributed by atoms with E-state index in [4.69, 9.17) is 0 Å². The number of hydrogen-bond acceptors (Lipinski definition) is 5. The van der Waals surface area contributed by atoms with Gasteiger partial charge in [0.1, 0.15) is 11.9 Å². The van der Waals surface area contributed by atoms with Crippen LogP contribution in [0.1, 0.15) is 20.3 Å². The van der Waals surface area contributed by atoms with Gasteiger partial charge in [0.25, 0.3) is 5.69 Å². The molecular formula is C15H17N3O4. The second kappa shape index (κ2) is 6.38. The lowest BCUT2D eigenvalue weighted by Crippen LogP contribution is -2.31. The van der Waals surface area contributed by atoms with Gasteiger partial charge in [-0.1, -0.05) is 13.8 Å². The molecular weight excluding hydrogens is 286 g/mol. The molecule has 7 heteroatoms. The smallest absolute Gasteiger partial charge is 0.326 e. The zero-order valence-corrected chi connectivity index (χ0v) is 12.3. The van der Waals surface area contributed by atoms with E-state index in [9.17, 15) is 20.0 Å². The highest BCUT2D eigenvalue weighted by atomic mass is 16.6. The van der Waals surface area contributed by atoms with Gasteiger partial charge in [0.15, 0.2) is 0 Å². The first-order valence-corrected chi connectivity index (χ1v) is 6.91. The lowest BCUT2D eigenvalue weighted by atomic mass is 10.0. The minimum absolute atomic E-state index is 0.0124. The largest absolute Gasteiger partial charge is 0.480 e. The van der Waals surface area contributed by atoms with Crippen LogP contribution in [0.2, 0.25) is 0 Å². The molecule has 0 unspecified atom stereocenters. The molecule has 0 amide bonds. The summed E-state index contributed by atoms with van der Waals surface area (Å²) in [6.07, 6.45) is 1.96. The van der Waals surface area contributed by atoms with Crippen molar-refractivity contribution in [1.29, 1.82) is 0 Å². The number of benzene rings is 1. The van der Waals surface area contributed by atoms with E-state index in [1.807, 2.05) is 13.8 Å². The lowest BCUT2D eigenvalue weighted by molar-refractivity contribution is -0.384. The highest BCUT2D eigenvalue weighted by Gasteiger charge is 2.20. The van der Waals surface area contributed by atoms with E-state index < -0.39 is 16.9 Å². The molecule has 116 valence electrons. The van der Waals surface area contributed by atoms with E-state index >= 15 is 0 Å². The first kappa shape index (κ1) is 15.7. The molecule has 1 aromatic carbocycles. The van der Waals surface area contributed by atoms with Crippen LogP contribution >= 0.6 is 0 Å². The second-order valence-corrected chi connectivity index (χ2v) is 5.49. The van der Waals surface area contributed by atoms with Crippen molar-refractivity contribution in [2.24, 2.45) is 5.92 Å². The Labute approximate surface area is 127 Å². The van der Waals surface area contributed by atoms with Crippen molar-refractivity contribution in [2.45, 2.75) is 26.3 Å². The van der Waals surface area contributed by atoms with Gasteiger partial charge in [-0.15, -0.1) is 0 Å². The number of aromatic nitrogens is 1. The average molecular weight is 303 g/mol. The van der Waals surface area contributed by atoms with Gasteiger partial charge in [-0.25, -0.2) is 9.78 Å². The summed E-state index contributed by atoms with van der Waals surface area (Å²) in [7, 11) is 0. The van der Waals surface area contributed by atoms with E-state index in [2.05, 4.69) is 10.3 Å².